The van der Waals surface area contributed by atoms with Crippen LogP contribution in [0.5, 0.6) is 0 Å². The third-order valence-electron chi connectivity index (χ3n) is 3.62. The SMILES string of the molecule is Cc1cc(C)c(CNC(=O)N(C)Cc2ccccc2F)c(=O)[nH]1. The Kier molecular flexibility index (Phi) is 5.16. The van der Waals surface area contributed by atoms with E-state index in [0.29, 0.717) is 11.1 Å². The second-order valence-electron chi connectivity index (χ2n) is 5.55. The zero-order chi connectivity index (χ0) is 17.0. The molecule has 0 saturated heterocycles. The molecule has 1 aromatic heterocycles. The number of benzene rings is 1. The van der Waals surface area contributed by atoms with Crippen LogP contribution in [-0.4, -0.2) is 23.0 Å². The molecule has 0 aliphatic carbocycles. The lowest BCUT2D eigenvalue weighted by Gasteiger charge is -2.18. The molecule has 0 bridgehead atoms. The third-order valence-corrected chi connectivity index (χ3v) is 3.62. The monoisotopic (exact) mass is 317 g/mol. The minimum Gasteiger partial charge on any atom is -0.334 e. The largest absolute Gasteiger partial charge is 0.334 e. The number of hydrogen-bond acceptors (Lipinski definition) is 2. The standard InChI is InChI=1S/C17H20FN3O2/c1-11-8-12(2)20-16(22)14(11)9-19-17(23)21(3)10-13-6-4-5-7-15(13)18/h4-8H,9-10H2,1-3H3,(H,19,23)(H,20,22). The van der Waals surface area contributed by atoms with Gasteiger partial charge in [-0.25, -0.2) is 9.18 Å². The van der Waals surface area contributed by atoms with Crippen molar-refractivity contribution in [3.8, 4) is 0 Å². The molecule has 2 aromatic rings. The fraction of sp³-hybridized carbons (Fsp3) is 0.294. The van der Waals surface area contributed by atoms with Gasteiger partial charge in [-0.1, -0.05) is 18.2 Å². The van der Waals surface area contributed by atoms with Crippen LogP contribution in [0.1, 0.15) is 22.4 Å². The van der Waals surface area contributed by atoms with Gasteiger partial charge in [-0.15, -0.1) is 0 Å². The summed E-state index contributed by atoms with van der Waals surface area (Å²) in [5.74, 6) is -0.349. The van der Waals surface area contributed by atoms with E-state index in [2.05, 4.69) is 10.3 Å². The van der Waals surface area contributed by atoms with E-state index in [4.69, 9.17) is 0 Å². The molecule has 2 N–H and O–H groups in total. The molecule has 2 rings (SSSR count). The number of nitrogens with zero attached hydrogens (tertiary/aromatic N) is 1. The van der Waals surface area contributed by atoms with E-state index in [-0.39, 0.29) is 30.5 Å². The minimum atomic E-state index is -0.368. The highest BCUT2D eigenvalue weighted by Crippen LogP contribution is 2.09. The molecular formula is C17H20FN3O2. The van der Waals surface area contributed by atoms with Crippen molar-refractivity contribution in [2.45, 2.75) is 26.9 Å². The Morgan fingerprint density at radius 1 is 1.30 bits per heavy atom. The quantitative estimate of drug-likeness (QED) is 0.910. The molecule has 1 heterocycles. The molecule has 0 fully saturated rings. The van der Waals surface area contributed by atoms with E-state index in [1.54, 1.807) is 32.2 Å². The number of amides is 2. The molecule has 23 heavy (non-hydrogen) atoms. The Morgan fingerprint density at radius 3 is 2.65 bits per heavy atom. The Morgan fingerprint density at radius 2 is 2.00 bits per heavy atom. The van der Waals surface area contributed by atoms with Gasteiger partial charge >= 0.3 is 6.03 Å². The van der Waals surface area contributed by atoms with Crippen LogP contribution in [0.4, 0.5) is 9.18 Å². The maximum atomic E-state index is 13.6. The fourth-order valence-electron chi connectivity index (χ4n) is 2.35. The lowest BCUT2D eigenvalue weighted by atomic mass is 10.1. The molecule has 0 saturated carbocycles. The van der Waals surface area contributed by atoms with Gasteiger partial charge in [0.25, 0.3) is 5.56 Å². The van der Waals surface area contributed by atoms with Crippen molar-refractivity contribution in [1.82, 2.24) is 15.2 Å². The predicted molar refractivity (Wildman–Crippen MR) is 86.6 cm³/mol. The molecule has 0 radical (unpaired) electrons. The highest BCUT2D eigenvalue weighted by atomic mass is 19.1. The molecule has 0 aliphatic rings. The van der Waals surface area contributed by atoms with Gasteiger partial charge in [-0.2, -0.15) is 0 Å². The van der Waals surface area contributed by atoms with Gasteiger partial charge < -0.3 is 15.2 Å². The number of halogens is 1. The maximum Gasteiger partial charge on any atom is 0.317 e. The van der Waals surface area contributed by atoms with Gasteiger partial charge in [0.2, 0.25) is 0 Å². The predicted octanol–water partition coefficient (Wildman–Crippen LogP) is 2.47. The molecule has 5 nitrogen and oxygen atoms in total. The first kappa shape index (κ1) is 16.7. The van der Waals surface area contributed by atoms with E-state index in [1.165, 1.54) is 11.0 Å². The number of hydrogen-bond donors (Lipinski definition) is 2. The van der Waals surface area contributed by atoms with Gasteiger partial charge in [-0.3, -0.25) is 4.79 Å². The first-order valence-corrected chi connectivity index (χ1v) is 7.30. The zero-order valence-electron chi connectivity index (χ0n) is 13.4. The van der Waals surface area contributed by atoms with Gasteiger partial charge in [0.05, 0.1) is 6.54 Å². The second-order valence-corrected chi connectivity index (χ2v) is 5.55. The first-order chi connectivity index (χ1) is 10.9. The summed E-state index contributed by atoms with van der Waals surface area (Å²) in [4.78, 5) is 28.1. The number of pyridine rings is 1. The van der Waals surface area contributed by atoms with Crippen molar-refractivity contribution < 1.29 is 9.18 Å². The van der Waals surface area contributed by atoms with E-state index >= 15 is 0 Å². The van der Waals surface area contributed by atoms with Crippen molar-refractivity contribution in [3.05, 3.63) is 68.9 Å². The number of aromatic amines is 1. The Labute approximate surface area is 134 Å². The van der Waals surface area contributed by atoms with E-state index < -0.39 is 0 Å². The van der Waals surface area contributed by atoms with Crippen LogP contribution < -0.4 is 10.9 Å². The van der Waals surface area contributed by atoms with Crippen LogP contribution in [0.25, 0.3) is 0 Å². The normalized spacial score (nSPS) is 10.4. The summed E-state index contributed by atoms with van der Waals surface area (Å²) in [6, 6.07) is 7.80. The van der Waals surface area contributed by atoms with Crippen LogP contribution in [-0.2, 0) is 13.1 Å². The first-order valence-electron chi connectivity index (χ1n) is 7.30. The van der Waals surface area contributed by atoms with E-state index in [0.717, 1.165) is 11.3 Å². The number of carbonyl (C=O) groups is 1. The topological polar surface area (TPSA) is 65.2 Å². The summed E-state index contributed by atoms with van der Waals surface area (Å²) in [5, 5.41) is 2.68. The molecule has 1 aromatic carbocycles. The van der Waals surface area contributed by atoms with Crippen molar-refractivity contribution in [1.29, 1.82) is 0 Å². The second kappa shape index (κ2) is 7.09. The maximum absolute atomic E-state index is 13.6. The van der Waals surface area contributed by atoms with Crippen molar-refractivity contribution in [3.63, 3.8) is 0 Å². The zero-order valence-corrected chi connectivity index (χ0v) is 13.4. The number of rotatable bonds is 4. The number of urea groups is 1. The van der Waals surface area contributed by atoms with Gasteiger partial charge in [0.1, 0.15) is 5.82 Å². The highest BCUT2D eigenvalue weighted by Gasteiger charge is 2.13. The van der Waals surface area contributed by atoms with Crippen LogP contribution in [0.15, 0.2) is 35.1 Å². The van der Waals surface area contributed by atoms with Gasteiger partial charge in [-0.05, 0) is 31.5 Å². The Hall–Kier alpha value is -2.63. The summed E-state index contributed by atoms with van der Waals surface area (Å²) >= 11 is 0. The number of nitrogens with one attached hydrogen (secondary N) is 2. The van der Waals surface area contributed by atoms with Crippen LogP contribution >= 0.6 is 0 Å². The smallest absolute Gasteiger partial charge is 0.317 e. The van der Waals surface area contributed by atoms with Gasteiger partial charge in [0, 0.05) is 30.4 Å². The summed E-state index contributed by atoms with van der Waals surface area (Å²) in [7, 11) is 1.58. The summed E-state index contributed by atoms with van der Waals surface area (Å²) < 4.78 is 13.6. The lowest BCUT2D eigenvalue weighted by Crippen LogP contribution is -2.38. The Bertz CT molecular complexity index is 771. The van der Waals surface area contributed by atoms with Crippen molar-refractivity contribution in [2.24, 2.45) is 0 Å². The molecule has 0 spiro atoms. The number of aryl methyl sites for hydroxylation is 2. The van der Waals surface area contributed by atoms with E-state index in [1.807, 2.05) is 13.0 Å². The summed E-state index contributed by atoms with van der Waals surface area (Å²) in [6.07, 6.45) is 0. The van der Waals surface area contributed by atoms with Crippen LogP contribution in [0.3, 0.4) is 0 Å². The van der Waals surface area contributed by atoms with Gasteiger partial charge in [0.15, 0.2) is 0 Å². The fourth-order valence-corrected chi connectivity index (χ4v) is 2.35. The average molecular weight is 317 g/mol. The van der Waals surface area contributed by atoms with Crippen molar-refractivity contribution in [2.75, 3.05) is 7.05 Å². The third kappa shape index (κ3) is 4.18. The number of carbonyl (C=O) groups excluding carboxylic acids is 1. The minimum absolute atomic E-state index is 0.127. The molecule has 0 aliphatic heterocycles. The highest BCUT2D eigenvalue weighted by molar-refractivity contribution is 5.73. The van der Waals surface area contributed by atoms with Crippen LogP contribution in [0, 0.1) is 19.7 Å². The molecule has 0 atom stereocenters. The number of aromatic nitrogens is 1. The van der Waals surface area contributed by atoms with E-state index in [9.17, 15) is 14.0 Å². The molecular weight excluding hydrogens is 297 g/mol. The summed E-state index contributed by atoms with van der Waals surface area (Å²) in [5.41, 5.74) is 2.35. The molecule has 0 unspecified atom stereocenters. The molecule has 6 heteroatoms. The molecule has 2 amide bonds. The lowest BCUT2D eigenvalue weighted by molar-refractivity contribution is 0.206. The molecule has 122 valence electrons. The van der Waals surface area contributed by atoms with Crippen molar-refractivity contribution >= 4 is 6.03 Å². The van der Waals surface area contributed by atoms with Crippen LogP contribution in [0.2, 0.25) is 0 Å². The average Bonchev–Trinajstić information content (AvgIpc) is 2.48. The summed E-state index contributed by atoms with van der Waals surface area (Å²) in [6.45, 7) is 3.91. The number of H-pyrrole nitrogens is 1. The Balaban J connectivity index is 2.00.